The van der Waals surface area contributed by atoms with Gasteiger partial charge in [-0.2, -0.15) is 0 Å². The number of nitrogens with one attached hydrogen (secondary N) is 1. The third-order valence-electron chi connectivity index (χ3n) is 8.18. The summed E-state index contributed by atoms with van der Waals surface area (Å²) in [4.78, 5) is 16.2. The summed E-state index contributed by atoms with van der Waals surface area (Å²) in [6.07, 6.45) is 3.13. The summed E-state index contributed by atoms with van der Waals surface area (Å²) < 4.78 is 11.7. The largest absolute Gasteiger partial charge is 0.490 e. The predicted molar refractivity (Wildman–Crippen MR) is 162 cm³/mol. The number of halogens is 2. The molecule has 2 fully saturated rings. The molecular weight excluding hydrogens is 543 g/mol. The van der Waals surface area contributed by atoms with E-state index in [0.717, 1.165) is 37.1 Å². The van der Waals surface area contributed by atoms with Crippen LogP contribution in [0.25, 0.3) is 0 Å². The van der Waals surface area contributed by atoms with Crippen LogP contribution < -0.4 is 14.8 Å². The molecular formula is C33H38Cl2N2O3. The zero-order valence-corrected chi connectivity index (χ0v) is 25.0. The summed E-state index contributed by atoms with van der Waals surface area (Å²) in [5.41, 5.74) is 5.97. The van der Waals surface area contributed by atoms with Gasteiger partial charge in [-0.15, -0.1) is 0 Å². The van der Waals surface area contributed by atoms with Crippen molar-refractivity contribution in [3.63, 3.8) is 0 Å². The Hall–Kier alpha value is -2.73. The lowest BCUT2D eigenvalue weighted by Gasteiger charge is -2.36. The van der Waals surface area contributed by atoms with Crippen molar-refractivity contribution in [1.29, 1.82) is 0 Å². The highest BCUT2D eigenvalue weighted by Crippen LogP contribution is 2.37. The lowest BCUT2D eigenvalue weighted by molar-refractivity contribution is -0.138. The van der Waals surface area contributed by atoms with Gasteiger partial charge in [0.1, 0.15) is 19.0 Å². The lowest BCUT2D eigenvalue weighted by Crippen LogP contribution is -2.47. The second kappa shape index (κ2) is 12.8. The van der Waals surface area contributed by atoms with E-state index in [1.165, 1.54) is 22.3 Å². The van der Waals surface area contributed by atoms with Gasteiger partial charge in [-0.3, -0.25) is 4.79 Å². The van der Waals surface area contributed by atoms with Crippen LogP contribution >= 0.6 is 23.2 Å². The van der Waals surface area contributed by atoms with Crippen LogP contribution in [-0.2, 0) is 11.3 Å². The monoisotopic (exact) mass is 580 g/mol. The van der Waals surface area contributed by atoms with Crippen molar-refractivity contribution in [2.75, 3.05) is 26.3 Å². The average molecular weight is 582 g/mol. The van der Waals surface area contributed by atoms with Gasteiger partial charge < -0.3 is 19.7 Å². The van der Waals surface area contributed by atoms with Gasteiger partial charge in [0.15, 0.2) is 5.75 Å². The Labute approximate surface area is 247 Å². The summed E-state index contributed by atoms with van der Waals surface area (Å²) in [5, 5.41) is 4.47. The Morgan fingerprint density at radius 2 is 1.65 bits per heavy atom. The number of piperidine rings is 1. The van der Waals surface area contributed by atoms with E-state index < -0.39 is 0 Å². The summed E-state index contributed by atoms with van der Waals surface area (Å²) in [7, 11) is 0. The minimum Gasteiger partial charge on any atom is -0.490 e. The van der Waals surface area contributed by atoms with Crippen molar-refractivity contribution in [2.24, 2.45) is 5.92 Å². The van der Waals surface area contributed by atoms with Crippen molar-refractivity contribution in [1.82, 2.24) is 10.2 Å². The van der Waals surface area contributed by atoms with Crippen LogP contribution in [0.1, 0.15) is 53.0 Å². The molecule has 2 aliphatic rings. The summed E-state index contributed by atoms with van der Waals surface area (Å²) >= 11 is 12.5. The first-order valence-corrected chi connectivity index (χ1v) is 14.9. The normalized spacial score (nSPS) is 18.8. The number of ether oxygens (including phenoxy) is 2. The van der Waals surface area contributed by atoms with Gasteiger partial charge in [0.2, 0.25) is 5.91 Å². The third kappa shape index (κ3) is 6.76. The fraction of sp³-hybridized carbons (Fsp3) is 0.424. The number of hydrogen-bond acceptors (Lipinski definition) is 4. The Balaban J connectivity index is 1.21. The molecule has 1 aliphatic carbocycles. The summed E-state index contributed by atoms with van der Waals surface area (Å²) in [6, 6.07) is 18.6. The first kappa shape index (κ1) is 28.8. The van der Waals surface area contributed by atoms with Crippen LogP contribution in [0.5, 0.6) is 11.5 Å². The molecule has 3 aromatic rings. The highest BCUT2D eigenvalue weighted by molar-refractivity contribution is 6.37. The lowest BCUT2D eigenvalue weighted by atomic mass is 9.80. The molecule has 0 spiro atoms. The standard InChI is InChI=1S/C33H38Cl2N2O3/c1-21-17-30(34)32(31(35)18-21)40-16-15-39-27-11-7-24(8-12-27)28-13-14-36-19-29(28)33(38)37(26-9-10-26)20-25-6-4-5-22(2)23(25)3/h4-8,11-12,17-18,26,28-29,36H,9-10,13-16,19-20H2,1-3H3. The summed E-state index contributed by atoms with van der Waals surface area (Å²) in [6.45, 7) is 9.23. The second-order valence-corrected chi connectivity index (χ2v) is 11.9. The van der Waals surface area contributed by atoms with E-state index in [0.29, 0.717) is 48.1 Å². The number of rotatable bonds is 10. The fourth-order valence-corrected chi connectivity index (χ4v) is 6.31. The number of nitrogens with zero attached hydrogens (tertiary/aromatic N) is 1. The molecule has 1 saturated carbocycles. The predicted octanol–water partition coefficient (Wildman–Crippen LogP) is 7.26. The maximum absolute atomic E-state index is 14.0. The van der Waals surface area contributed by atoms with Gasteiger partial charge in [-0.1, -0.05) is 53.5 Å². The number of carbonyl (C=O) groups excluding carboxylic acids is 1. The molecule has 3 aromatic carbocycles. The average Bonchev–Trinajstić information content (AvgIpc) is 3.78. The van der Waals surface area contributed by atoms with Gasteiger partial charge >= 0.3 is 0 Å². The second-order valence-electron chi connectivity index (χ2n) is 11.1. The molecule has 1 aliphatic heterocycles. The van der Waals surface area contributed by atoms with E-state index >= 15 is 0 Å². The quantitative estimate of drug-likeness (QED) is 0.256. The Kier molecular flexibility index (Phi) is 9.24. The van der Waals surface area contributed by atoms with E-state index in [1.807, 2.05) is 31.2 Å². The summed E-state index contributed by atoms with van der Waals surface area (Å²) in [5.74, 6) is 1.61. The first-order chi connectivity index (χ1) is 19.3. The molecule has 0 radical (unpaired) electrons. The van der Waals surface area contributed by atoms with E-state index in [2.05, 4.69) is 54.4 Å². The van der Waals surface area contributed by atoms with Gasteiger partial charge in [0, 0.05) is 19.1 Å². The molecule has 2 atom stereocenters. The molecule has 0 aromatic heterocycles. The van der Waals surface area contributed by atoms with Gasteiger partial charge in [-0.05, 0) is 105 Å². The van der Waals surface area contributed by atoms with Crippen LogP contribution in [0.4, 0.5) is 0 Å². The van der Waals surface area contributed by atoms with Crippen LogP contribution in [0.3, 0.4) is 0 Å². The number of benzene rings is 3. The molecule has 5 rings (SSSR count). The highest BCUT2D eigenvalue weighted by atomic mass is 35.5. The topological polar surface area (TPSA) is 50.8 Å². The van der Waals surface area contributed by atoms with Crippen molar-refractivity contribution in [3.8, 4) is 11.5 Å². The maximum Gasteiger partial charge on any atom is 0.228 e. The molecule has 0 bridgehead atoms. The number of amides is 1. The molecule has 212 valence electrons. The van der Waals surface area contributed by atoms with Crippen LogP contribution in [0, 0.1) is 26.7 Å². The molecule has 40 heavy (non-hydrogen) atoms. The number of aryl methyl sites for hydroxylation is 2. The molecule has 1 N–H and O–H groups in total. The van der Waals surface area contributed by atoms with Crippen molar-refractivity contribution in [3.05, 3.63) is 92.5 Å². The number of hydrogen-bond donors (Lipinski definition) is 1. The SMILES string of the molecule is Cc1cc(Cl)c(OCCOc2ccc(C3CCNCC3C(=O)N(Cc3cccc(C)c3C)C3CC3)cc2)c(Cl)c1. The Bertz CT molecular complexity index is 1320. The molecule has 1 amide bonds. The third-order valence-corrected chi connectivity index (χ3v) is 8.74. The van der Waals surface area contributed by atoms with Crippen molar-refractivity contribution >= 4 is 29.1 Å². The molecule has 2 unspecified atom stereocenters. The molecule has 7 heteroatoms. The van der Waals surface area contributed by atoms with Crippen LogP contribution in [-0.4, -0.2) is 43.2 Å². The minimum atomic E-state index is -0.0800. The fourth-order valence-electron chi connectivity index (χ4n) is 5.61. The molecule has 1 heterocycles. The zero-order chi connectivity index (χ0) is 28.2. The van der Waals surface area contributed by atoms with E-state index in [-0.39, 0.29) is 17.7 Å². The zero-order valence-electron chi connectivity index (χ0n) is 23.5. The maximum atomic E-state index is 14.0. The number of carbonyl (C=O) groups is 1. The van der Waals surface area contributed by atoms with Gasteiger partial charge in [0.05, 0.1) is 16.0 Å². The van der Waals surface area contributed by atoms with Gasteiger partial charge in [0.25, 0.3) is 0 Å². The highest BCUT2D eigenvalue weighted by Gasteiger charge is 2.40. The smallest absolute Gasteiger partial charge is 0.228 e. The van der Waals surface area contributed by atoms with Crippen LogP contribution in [0.2, 0.25) is 10.0 Å². The van der Waals surface area contributed by atoms with Crippen molar-refractivity contribution in [2.45, 2.75) is 58.5 Å². The van der Waals surface area contributed by atoms with Crippen molar-refractivity contribution < 1.29 is 14.3 Å². The molecule has 1 saturated heterocycles. The van der Waals surface area contributed by atoms with E-state index in [4.69, 9.17) is 32.7 Å². The Morgan fingerprint density at radius 1 is 0.950 bits per heavy atom. The van der Waals surface area contributed by atoms with E-state index in [9.17, 15) is 4.79 Å². The van der Waals surface area contributed by atoms with Crippen LogP contribution in [0.15, 0.2) is 54.6 Å². The van der Waals surface area contributed by atoms with E-state index in [1.54, 1.807) is 0 Å². The van der Waals surface area contributed by atoms with Gasteiger partial charge in [-0.25, -0.2) is 0 Å². The minimum absolute atomic E-state index is 0.0800. The Morgan fingerprint density at radius 3 is 2.35 bits per heavy atom. The molecule has 5 nitrogen and oxygen atoms in total. The first-order valence-electron chi connectivity index (χ1n) is 14.2.